The summed E-state index contributed by atoms with van der Waals surface area (Å²) in [5.41, 5.74) is 2.95. The summed E-state index contributed by atoms with van der Waals surface area (Å²) in [6.45, 7) is 0.634. The van der Waals surface area contributed by atoms with Crippen LogP contribution in [-0.4, -0.2) is 54.4 Å². The van der Waals surface area contributed by atoms with Crippen LogP contribution in [0.2, 0.25) is 5.02 Å². The number of carbonyl (C=O) groups excluding carboxylic acids is 2. The summed E-state index contributed by atoms with van der Waals surface area (Å²) in [5, 5.41) is 4.13. The largest absolute Gasteiger partial charge is 0.495 e. The third-order valence-electron chi connectivity index (χ3n) is 5.18. The van der Waals surface area contributed by atoms with Gasteiger partial charge in [0, 0.05) is 18.0 Å². The lowest BCUT2D eigenvalue weighted by molar-refractivity contribution is -0.131. The Morgan fingerprint density at radius 2 is 1.56 bits per heavy atom. The van der Waals surface area contributed by atoms with Crippen LogP contribution in [0, 0.1) is 0 Å². The molecule has 0 aliphatic heterocycles. The first-order valence-corrected chi connectivity index (χ1v) is 13.1. The highest BCUT2D eigenvalue weighted by atomic mass is 35.5. The molecular formula is C26H26ClN3O8S. The normalized spacial score (nSPS) is 11.1. The van der Waals surface area contributed by atoms with Gasteiger partial charge in [-0.3, -0.25) is 13.9 Å². The van der Waals surface area contributed by atoms with Gasteiger partial charge < -0.3 is 18.9 Å². The maximum atomic E-state index is 13.8. The quantitative estimate of drug-likeness (QED) is 0.159. The van der Waals surface area contributed by atoms with Gasteiger partial charge in [-0.25, -0.2) is 13.8 Å². The minimum atomic E-state index is -4.34. The van der Waals surface area contributed by atoms with Crippen LogP contribution >= 0.6 is 11.6 Å². The SMILES string of the molecule is COc1ccc(S(=O)(=O)N(CC(=O)N/N=C\c2ccc(OC(C)=O)cc2)c2cc(Cl)ccc2OC)cc1OC. The van der Waals surface area contributed by atoms with Crippen molar-refractivity contribution in [3.63, 3.8) is 0 Å². The van der Waals surface area contributed by atoms with E-state index in [2.05, 4.69) is 10.5 Å². The molecular weight excluding hydrogens is 550 g/mol. The van der Waals surface area contributed by atoms with Gasteiger partial charge in [-0.1, -0.05) is 11.6 Å². The van der Waals surface area contributed by atoms with E-state index in [0.29, 0.717) is 17.1 Å². The van der Waals surface area contributed by atoms with Crippen LogP contribution in [-0.2, 0) is 19.6 Å². The molecule has 1 amide bonds. The number of rotatable bonds is 11. The van der Waals surface area contributed by atoms with Crippen molar-refractivity contribution in [3.05, 3.63) is 71.2 Å². The van der Waals surface area contributed by atoms with Crippen molar-refractivity contribution in [2.45, 2.75) is 11.8 Å². The highest BCUT2D eigenvalue weighted by Crippen LogP contribution is 2.36. The maximum absolute atomic E-state index is 13.8. The standard InChI is InChI=1S/C26H26ClN3O8S/c1-17(31)38-20-8-5-18(6-9-20)15-28-29-26(32)16-30(22-13-19(27)7-11-23(22)35-2)39(33,34)21-10-12-24(36-3)25(14-21)37-4/h5-15H,16H2,1-4H3,(H,29,32)/b28-15-. The molecule has 0 spiro atoms. The van der Waals surface area contributed by atoms with Gasteiger partial charge in [0.2, 0.25) is 0 Å². The smallest absolute Gasteiger partial charge is 0.308 e. The number of hydrogen-bond donors (Lipinski definition) is 1. The molecule has 0 atom stereocenters. The predicted molar refractivity (Wildman–Crippen MR) is 146 cm³/mol. The van der Waals surface area contributed by atoms with Crippen LogP contribution in [0.15, 0.2) is 70.7 Å². The third-order valence-corrected chi connectivity index (χ3v) is 7.18. The second-order valence-electron chi connectivity index (χ2n) is 7.80. The Hall–Kier alpha value is -4.29. The molecule has 3 rings (SSSR count). The molecule has 11 nitrogen and oxygen atoms in total. The molecule has 0 radical (unpaired) electrons. The number of hydrazone groups is 1. The van der Waals surface area contributed by atoms with Gasteiger partial charge in [0.05, 0.1) is 38.1 Å². The molecule has 206 valence electrons. The summed E-state index contributed by atoms with van der Waals surface area (Å²) in [6.07, 6.45) is 1.35. The lowest BCUT2D eigenvalue weighted by atomic mass is 10.2. The Morgan fingerprint density at radius 1 is 0.923 bits per heavy atom. The minimum Gasteiger partial charge on any atom is -0.495 e. The van der Waals surface area contributed by atoms with E-state index in [9.17, 15) is 18.0 Å². The molecule has 1 N–H and O–H groups in total. The lowest BCUT2D eigenvalue weighted by Crippen LogP contribution is -2.39. The number of nitrogens with zero attached hydrogens (tertiary/aromatic N) is 2. The Bertz CT molecular complexity index is 1480. The summed E-state index contributed by atoms with van der Waals surface area (Å²) >= 11 is 6.16. The van der Waals surface area contributed by atoms with Gasteiger partial charge >= 0.3 is 5.97 Å². The number of benzene rings is 3. The van der Waals surface area contributed by atoms with Gasteiger partial charge in [0.25, 0.3) is 15.9 Å². The number of methoxy groups -OCH3 is 3. The summed E-state index contributed by atoms with van der Waals surface area (Å²) in [5.74, 6) is -0.147. The fraction of sp³-hybridized carbons (Fsp3) is 0.192. The first-order chi connectivity index (χ1) is 18.6. The van der Waals surface area contributed by atoms with Crippen molar-refractivity contribution >= 4 is 45.4 Å². The zero-order valence-electron chi connectivity index (χ0n) is 21.5. The van der Waals surface area contributed by atoms with Gasteiger partial charge in [-0.2, -0.15) is 5.10 Å². The predicted octanol–water partition coefficient (Wildman–Crippen LogP) is 3.64. The molecule has 0 heterocycles. The fourth-order valence-corrected chi connectivity index (χ4v) is 5.00. The summed E-state index contributed by atoms with van der Waals surface area (Å²) < 4.78 is 49.2. The lowest BCUT2D eigenvalue weighted by Gasteiger charge is -2.25. The Labute approximate surface area is 230 Å². The molecule has 0 bridgehead atoms. The topological polar surface area (TPSA) is 133 Å². The van der Waals surface area contributed by atoms with Crippen LogP contribution in [0.5, 0.6) is 23.0 Å². The number of sulfonamides is 1. The Kier molecular flexibility index (Phi) is 9.74. The van der Waals surface area contributed by atoms with Crippen molar-refractivity contribution < 1.29 is 37.0 Å². The Balaban J connectivity index is 1.91. The highest BCUT2D eigenvalue weighted by molar-refractivity contribution is 7.92. The van der Waals surface area contributed by atoms with Crippen molar-refractivity contribution in [2.24, 2.45) is 5.10 Å². The summed E-state index contributed by atoms with van der Waals surface area (Å²) in [6, 6.07) is 14.8. The number of carbonyl (C=O) groups is 2. The van der Waals surface area contributed by atoms with E-state index in [4.69, 9.17) is 30.5 Å². The van der Waals surface area contributed by atoms with Crippen LogP contribution < -0.4 is 28.7 Å². The zero-order chi connectivity index (χ0) is 28.6. The van der Waals surface area contributed by atoms with E-state index < -0.39 is 28.4 Å². The number of esters is 1. The first-order valence-electron chi connectivity index (χ1n) is 11.3. The highest BCUT2D eigenvalue weighted by Gasteiger charge is 2.30. The average Bonchev–Trinajstić information content (AvgIpc) is 2.91. The maximum Gasteiger partial charge on any atom is 0.308 e. The first kappa shape index (κ1) is 29.3. The van der Waals surface area contributed by atoms with Crippen LogP contribution in [0.25, 0.3) is 0 Å². The molecule has 0 fully saturated rings. The van der Waals surface area contributed by atoms with E-state index in [1.54, 1.807) is 24.3 Å². The van der Waals surface area contributed by atoms with E-state index >= 15 is 0 Å². The molecule has 0 aromatic heterocycles. The molecule has 13 heteroatoms. The summed E-state index contributed by atoms with van der Waals surface area (Å²) in [7, 11) is -0.176. The third kappa shape index (κ3) is 7.39. The van der Waals surface area contributed by atoms with Gasteiger partial charge in [-0.05, 0) is 60.2 Å². The molecule has 3 aromatic carbocycles. The number of anilines is 1. The van der Waals surface area contributed by atoms with Gasteiger partial charge in [0.15, 0.2) is 11.5 Å². The number of halogens is 1. The zero-order valence-corrected chi connectivity index (χ0v) is 23.1. The minimum absolute atomic E-state index is 0.0416. The van der Waals surface area contributed by atoms with E-state index in [1.165, 1.54) is 70.9 Å². The molecule has 3 aromatic rings. The van der Waals surface area contributed by atoms with Crippen LogP contribution in [0.4, 0.5) is 5.69 Å². The molecule has 0 aliphatic carbocycles. The van der Waals surface area contributed by atoms with Gasteiger partial charge in [0.1, 0.15) is 18.0 Å². The molecule has 0 aliphatic rings. The van der Waals surface area contributed by atoms with Gasteiger partial charge in [-0.15, -0.1) is 0 Å². The molecule has 0 saturated heterocycles. The van der Waals surface area contributed by atoms with Crippen molar-refractivity contribution in [1.82, 2.24) is 5.43 Å². The van der Waals surface area contributed by atoms with E-state index in [1.807, 2.05) is 0 Å². The number of amides is 1. The Morgan fingerprint density at radius 3 is 2.18 bits per heavy atom. The number of hydrogen-bond acceptors (Lipinski definition) is 9. The monoisotopic (exact) mass is 575 g/mol. The van der Waals surface area contributed by atoms with E-state index in [0.717, 1.165) is 4.31 Å². The van der Waals surface area contributed by atoms with Crippen molar-refractivity contribution in [1.29, 1.82) is 0 Å². The molecule has 0 unspecified atom stereocenters. The van der Waals surface area contributed by atoms with Crippen LogP contribution in [0.1, 0.15) is 12.5 Å². The number of nitrogens with one attached hydrogen (secondary N) is 1. The molecule has 0 saturated carbocycles. The summed E-state index contributed by atoms with van der Waals surface area (Å²) in [4.78, 5) is 23.8. The molecule has 39 heavy (non-hydrogen) atoms. The average molecular weight is 576 g/mol. The van der Waals surface area contributed by atoms with Crippen molar-refractivity contribution in [3.8, 4) is 23.0 Å². The van der Waals surface area contributed by atoms with Crippen LogP contribution in [0.3, 0.4) is 0 Å². The second-order valence-corrected chi connectivity index (χ2v) is 10.1. The fourth-order valence-electron chi connectivity index (χ4n) is 3.39. The second kappa shape index (κ2) is 13.0. The van der Waals surface area contributed by atoms with E-state index in [-0.39, 0.29) is 27.1 Å². The van der Waals surface area contributed by atoms with Crippen molar-refractivity contribution in [2.75, 3.05) is 32.2 Å². The number of ether oxygens (including phenoxy) is 4.